The van der Waals surface area contributed by atoms with Gasteiger partial charge in [-0.1, -0.05) is 42.5 Å². The Morgan fingerprint density at radius 2 is 1.87 bits per heavy atom. The highest BCUT2D eigenvalue weighted by Crippen LogP contribution is 2.29. The Labute approximate surface area is 184 Å². The molecule has 0 spiro atoms. The van der Waals surface area contributed by atoms with Crippen LogP contribution in [-0.2, 0) is 6.54 Å². The Morgan fingerprint density at radius 1 is 1.19 bits per heavy atom. The molecule has 2 aromatic carbocycles. The second-order valence-electron chi connectivity index (χ2n) is 7.10. The van der Waals surface area contributed by atoms with Gasteiger partial charge in [0.05, 0.1) is 12.6 Å². The number of carbonyl (C=O) groups is 2. The van der Waals surface area contributed by atoms with Crippen molar-refractivity contribution in [2.45, 2.75) is 19.5 Å². The van der Waals surface area contributed by atoms with Crippen molar-refractivity contribution in [1.29, 1.82) is 0 Å². The molecule has 0 fully saturated rings. The molecule has 0 bridgehead atoms. The minimum absolute atomic E-state index is 0.0526. The zero-order chi connectivity index (χ0) is 22.5. The number of nitrogens with one attached hydrogen (secondary N) is 1. The topological polar surface area (TPSA) is 136 Å². The summed E-state index contributed by atoms with van der Waals surface area (Å²) in [6.45, 7) is 1.94. The van der Waals surface area contributed by atoms with Crippen molar-refractivity contribution in [3.05, 3.63) is 70.8 Å². The quantitative estimate of drug-likeness (QED) is 0.397. The molecule has 1 aromatic heterocycles. The fraction of sp³-hybridized carbons (Fsp3) is 0.227. The summed E-state index contributed by atoms with van der Waals surface area (Å²) < 4.78 is 1.32. The summed E-state index contributed by atoms with van der Waals surface area (Å²) in [5.41, 5.74) is 15.0. The van der Waals surface area contributed by atoms with Crippen LogP contribution in [0.15, 0.2) is 48.5 Å². The Balaban J connectivity index is 1.81. The number of nitrogen functional groups attached to an aromatic ring is 1. The van der Waals surface area contributed by atoms with Gasteiger partial charge in [-0.3, -0.25) is 9.59 Å². The maximum Gasteiger partial charge on any atom is 0.254 e. The predicted octanol–water partition coefficient (Wildman–Crippen LogP) is 2.24. The average molecular weight is 442 g/mol. The fourth-order valence-corrected chi connectivity index (χ4v) is 3.48. The molecule has 8 nitrogen and oxygen atoms in total. The minimum atomic E-state index is -0.723. The standard InChI is InChI=1S/C22H24ClN5O3/c1-13-4-2-3-5-17(13)22(31)26-11-14-6-8-15(9-7-14)19-18(21(25)30)20(24)28(27-19)16(10-23)12-29/h2-9,16,29H,10-12,24H2,1H3,(H2,25,30)(H,26,31). The number of primary amides is 1. The number of nitrogens with two attached hydrogens (primary N) is 2. The smallest absolute Gasteiger partial charge is 0.254 e. The molecular weight excluding hydrogens is 418 g/mol. The molecule has 0 aliphatic rings. The maximum absolute atomic E-state index is 12.4. The number of aromatic nitrogens is 2. The second-order valence-corrected chi connectivity index (χ2v) is 7.41. The van der Waals surface area contributed by atoms with Crippen LogP contribution in [0.25, 0.3) is 11.3 Å². The Kier molecular flexibility index (Phi) is 6.94. The van der Waals surface area contributed by atoms with Gasteiger partial charge in [-0.2, -0.15) is 5.10 Å². The summed E-state index contributed by atoms with van der Waals surface area (Å²) in [6.07, 6.45) is 0. The molecule has 0 aliphatic carbocycles. The number of rotatable bonds is 8. The van der Waals surface area contributed by atoms with E-state index in [1.807, 2.05) is 37.3 Å². The third-order valence-electron chi connectivity index (χ3n) is 5.00. The monoisotopic (exact) mass is 441 g/mol. The molecule has 9 heteroatoms. The van der Waals surface area contributed by atoms with E-state index < -0.39 is 11.9 Å². The Hall–Kier alpha value is -3.36. The van der Waals surface area contributed by atoms with E-state index in [9.17, 15) is 14.7 Å². The van der Waals surface area contributed by atoms with Crippen LogP contribution in [0.5, 0.6) is 0 Å². The van der Waals surface area contributed by atoms with Crippen molar-refractivity contribution in [3.63, 3.8) is 0 Å². The van der Waals surface area contributed by atoms with Crippen molar-refractivity contribution in [2.75, 3.05) is 18.2 Å². The summed E-state index contributed by atoms with van der Waals surface area (Å²) in [5.74, 6) is -0.753. The van der Waals surface area contributed by atoms with Gasteiger partial charge >= 0.3 is 0 Å². The van der Waals surface area contributed by atoms with Gasteiger partial charge in [0.15, 0.2) is 0 Å². The fourth-order valence-electron chi connectivity index (χ4n) is 3.25. The lowest BCUT2D eigenvalue weighted by Crippen LogP contribution is -2.23. The maximum atomic E-state index is 12.4. The van der Waals surface area contributed by atoms with Crippen molar-refractivity contribution in [1.82, 2.24) is 15.1 Å². The molecule has 162 valence electrons. The molecule has 6 N–H and O–H groups in total. The summed E-state index contributed by atoms with van der Waals surface area (Å²) in [6, 6.07) is 14.0. The van der Waals surface area contributed by atoms with Crippen LogP contribution in [0, 0.1) is 6.92 Å². The molecule has 1 atom stereocenters. The van der Waals surface area contributed by atoms with Gasteiger partial charge in [-0.25, -0.2) is 4.68 Å². The van der Waals surface area contributed by atoms with Gasteiger partial charge in [0.25, 0.3) is 11.8 Å². The Bertz CT molecular complexity index is 1090. The second kappa shape index (κ2) is 9.63. The summed E-state index contributed by atoms with van der Waals surface area (Å²) in [7, 11) is 0. The molecule has 1 unspecified atom stereocenters. The first kappa shape index (κ1) is 22.3. The van der Waals surface area contributed by atoms with Gasteiger partial charge in [0.2, 0.25) is 0 Å². The number of alkyl halides is 1. The number of benzene rings is 2. The zero-order valence-electron chi connectivity index (χ0n) is 17.0. The predicted molar refractivity (Wildman–Crippen MR) is 120 cm³/mol. The number of carbonyl (C=O) groups excluding carboxylic acids is 2. The molecule has 3 rings (SSSR count). The van der Waals surface area contributed by atoms with Gasteiger partial charge in [-0.05, 0) is 24.1 Å². The van der Waals surface area contributed by atoms with Crippen LogP contribution >= 0.6 is 11.6 Å². The van der Waals surface area contributed by atoms with E-state index in [-0.39, 0.29) is 29.8 Å². The lowest BCUT2D eigenvalue weighted by Gasteiger charge is -2.12. The van der Waals surface area contributed by atoms with Crippen LogP contribution in [0.4, 0.5) is 5.82 Å². The van der Waals surface area contributed by atoms with Crippen LogP contribution in [0.3, 0.4) is 0 Å². The first-order valence-corrected chi connectivity index (χ1v) is 10.2. The average Bonchev–Trinajstić information content (AvgIpc) is 3.11. The molecule has 31 heavy (non-hydrogen) atoms. The molecule has 1 heterocycles. The number of nitrogens with zero attached hydrogens (tertiary/aromatic N) is 2. The van der Waals surface area contributed by atoms with Crippen LogP contribution < -0.4 is 16.8 Å². The number of aliphatic hydroxyl groups is 1. The summed E-state index contributed by atoms with van der Waals surface area (Å²) in [4.78, 5) is 24.4. The third-order valence-corrected chi connectivity index (χ3v) is 5.36. The van der Waals surface area contributed by atoms with Crippen LogP contribution in [0.1, 0.15) is 37.9 Å². The molecular formula is C22H24ClN5O3. The highest BCUT2D eigenvalue weighted by Gasteiger charge is 2.24. The summed E-state index contributed by atoms with van der Waals surface area (Å²) in [5, 5.41) is 16.8. The molecule has 0 saturated carbocycles. The van der Waals surface area contributed by atoms with Crippen molar-refractivity contribution in [3.8, 4) is 11.3 Å². The third kappa shape index (κ3) is 4.70. The Morgan fingerprint density at radius 3 is 2.45 bits per heavy atom. The van der Waals surface area contributed by atoms with Crippen LogP contribution in [-0.4, -0.2) is 39.2 Å². The highest BCUT2D eigenvalue weighted by molar-refractivity contribution is 6.18. The van der Waals surface area contributed by atoms with E-state index in [4.69, 9.17) is 23.1 Å². The normalized spacial score (nSPS) is 11.8. The number of halogens is 1. The van der Waals surface area contributed by atoms with E-state index in [0.29, 0.717) is 23.4 Å². The van der Waals surface area contributed by atoms with Crippen LogP contribution in [0.2, 0.25) is 0 Å². The first-order chi connectivity index (χ1) is 14.9. The first-order valence-electron chi connectivity index (χ1n) is 9.65. The van der Waals surface area contributed by atoms with Gasteiger partial charge < -0.3 is 21.9 Å². The largest absolute Gasteiger partial charge is 0.394 e. The number of anilines is 1. The number of aryl methyl sites for hydroxylation is 1. The SMILES string of the molecule is Cc1ccccc1C(=O)NCc1ccc(-c2nn(C(CO)CCl)c(N)c2C(N)=O)cc1. The number of aliphatic hydroxyl groups excluding tert-OH is 1. The molecule has 0 saturated heterocycles. The highest BCUT2D eigenvalue weighted by atomic mass is 35.5. The molecule has 2 amide bonds. The van der Waals surface area contributed by atoms with Crippen molar-refractivity contribution < 1.29 is 14.7 Å². The van der Waals surface area contributed by atoms with Crippen molar-refractivity contribution in [2.24, 2.45) is 5.73 Å². The number of hydrogen-bond donors (Lipinski definition) is 4. The van der Waals surface area contributed by atoms with Crippen molar-refractivity contribution >= 4 is 29.2 Å². The molecule has 3 aromatic rings. The molecule has 0 aliphatic heterocycles. The van der Waals surface area contributed by atoms with Gasteiger partial charge in [-0.15, -0.1) is 11.6 Å². The summed E-state index contributed by atoms with van der Waals surface area (Å²) >= 11 is 5.87. The molecule has 0 radical (unpaired) electrons. The lowest BCUT2D eigenvalue weighted by molar-refractivity contribution is 0.0949. The number of amides is 2. The van der Waals surface area contributed by atoms with E-state index in [1.54, 1.807) is 18.2 Å². The zero-order valence-corrected chi connectivity index (χ0v) is 17.8. The van der Waals surface area contributed by atoms with Gasteiger partial charge in [0, 0.05) is 23.6 Å². The lowest BCUT2D eigenvalue weighted by atomic mass is 10.0. The van der Waals surface area contributed by atoms with E-state index in [0.717, 1.165) is 11.1 Å². The van der Waals surface area contributed by atoms with E-state index in [1.165, 1.54) is 4.68 Å². The number of hydrogen-bond acceptors (Lipinski definition) is 5. The van der Waals surface area contributed by atoms with E-state index >= 15 is 0 Å². The minimum Gasteiger partial charge on any atom is -0.394 e. The van der Waals surface area contributed by atoms with Gasteiger partial charge in [0.1, 0.15) is 17.1 Å². The van der Waals surface area contributed by atoms with E-state index in [2.05, 4.69) is 10.4 Å².